The normalized spacial score (nSPS) is 11.6. The fourth-order valence-electron chi connectivity index (χ4n) is 1.91. The van der Waals surface area contributed by atoms with Crippen LogP contribution in [0.2, 0.25) is 0 Å². The largest absolute Gasteiger partial charge is 0.328 e. The summed E-state index contributed by atoms with van der Waals surface area (Å²) in [6, 6.07) is 6.38. The summed E-state index contributed by atoms with van der Waals surface area (Å²) in [5.74, 6) is 0.190. The first-order valence-corrected chi connectivity index (χ1v) is 8.48. The molecule has 0 aliphatic carbocycles. The van der Waals surface area contributed by atoms with Gasteiger partial charge in [-0.2, -0.15) is 0 Å². The summed E-state index contributed by atoms with van der Waals surface area (Å²) in [6.45, 7) is 5.13. The third kappa shape index (κ3) is 3.73. The van der Waals surface area contributed by atoms with Gasteiger partial charge in [-0.3, -0.25) is 10.1 Å². The standard InChI is InChI=1S/C15H19N3O3S/c1-10(2)22(20,21)13-6-4-12(5-7-13)8-14(19)18-15-16-9-11(3)17-15/h4-7,9-10H,8H2,1-3H3,(H2,16,17,18,19). The molecule has 0 radical (unpaired) electrons. The van der Waals surface area contributed by atoms with Crippen molar-refractivity contribution in [3.8, 4) is 0 Å². The van der Waals surface area contributed by atoms with Crippen molar-refractivity contribution in [1.29, 1.82) is 0 Å². The molecule has 2 N–H and O–H groups in total. The zero-order valence-electron chi connectivity index (χ0n) is 12.8. The Bertz CT molecular complexity index is 762. The van der Waals surface area contributed by atoms with Crippen molar-refractivity contribution >= 4 is 21.7 Å². The summed E-state index contributed by atoms with van der Waals surface area (Å²) >= 11 is 0. The average Bonchev–Trinajstić information content (AvgIpc) is 2.84. The molecule has 0 atom stereocenters. The Morgan fingerprint density at radius 3 is 2.41 bits per heavy atom. The highest BCUT2D eigenvalue weighted by Crippen LogP contribution is 2.17. The number of benzene rings is 1. The first-order valence-electron chi connectivity index (χ1n) is 6.93. The molecule has 7 heteroatoms. The zero-order valence-corrected chi connectivity index (χ0v) is 13.6. The number of aromatic amines is 1. The fourth-order valence-corrected chi connectivity index (χ4v) is 2.97. The highest BCUT2D eigenvalue weighted by molar-refractivity contribution is 7.92. The Balaban J connectivity index is 2.04. The number of aromatic nitrogens is 2. The molecule has 118 valence electrons. The van der Waals surface area contributed by atoms with Gasteiger partial charge >= 0.3 is 0 Å². The molecule has 0 saturated carbocycles. The van der Waals surface area contributed by atoms with Gasteiger partial charge in [0, 0.05) is 11.9 Å². The number of hydrogen-bond donors (Lipinski definition) is 2. The first kappa shape index (κ1) is 16.2. The molecular weight excluding hydrogens is 302 g/mol. The van der Waals surface area contributed by atoms with Crippen molar-refractivity contribution in [1.82, 2.24) is 9.97 Å². The van der Waals surface area contributed by atoms with Crippen molar-refractivity contribution in [2.75, 3.05) is 5.32 Å². The van der Waals surface area contributed by atoms with Crippen LogP contribution in [-0.4, -0.2) is 29.5 Å². The maximum absolute atomic E-state index is 12.0. The van der Waals surface area contributed by atoms with Crippen LogP contribution >= 0.6 is 0 Å². The summed E-state index contributed by atoms with van der Waals surface area (Å²) in [7, 11) is -3.28. The van der Waals surface area contributed by atoms with Crippen LogP contribution in [0.1, 0.15) is 25.1 Å². The van der Waals surface area contributed by atoms with E-state index in [9.17, 15) is 13.2 Å². The van der Waals surface area contributed by atoms with Crippen LogP contribution < -0.4 is 5.32 Å². The predicted molar refractivity (Wildman–Crippen MR) is 84.4 cm³/mol. The van der Waals surface area contributed by atoms with Crippen molar-refractivity contribution in [3.05, 3.63) is 41.7 Å². The van der Waals surface area contributed by atoms with E-state index >= 15 is 0 Å². The van der Waals surface area contributed by atoms with Gasteiger partial charge in [-0.1, -0.05) is 12.1 Å². The summed E-state index contributed by atoms with van der Waals surface area (Å²) in [5, 5.41) is 2.18. The number of carbonyl (C=O) groups is 1. The molecule has 0 saturated heterocycles. The van der Waals surface area contributed by atoms with Crippen LogP contribution in [-0.2, 0) is 21.1 Å². The molecule has 1 aromatic carbocycles. The van der Waals surface area contributed by atoms with Crippen molar-refractivity contribution < 1.29 is 13.2 Å². The second kappa shape index (κ2) is 6.31. The number of rotatable bonds is 5. The summed E-state index contributed by atoms with van der Waals surface area (Å²) in [4.78, 5) is 19.1. The van der Waals surface area contributed by atoms with Crippen LogP contribution in [0.5, 0.6) is 0 Å². The molecule has 22 heavy (non-hydrogen) atoms. The van der Waals surface area contributed by atoms with E-state index in [1.807, 2.05) is 6.92 Å². The number of anilines is 1. The van der Waals surface area contributed by atoms with Gasteiger partial charge in [0.2, 0.25) is 11.9 Å². The number of hydrogen-bond acceptors (Lipinski definition) is 4. The third-order valence-corrected chi connectivity index (χ3v) is 5.37. The second-order valence-electron chi connectivity index (χ2n) is 5.38. The minimum atomic E-state index is -3.28. The average molecular weight is 321 g/mol. The Morgan fingerprint density at radius 2 is 1.91 bits per heavy atom. The molecular formula is C15H19N3O3S. The topological polar surface area (TPSA) is 91.9 Å². The maximum atomic E-state index is 12.0. The number of amides is 1. The van der Waals surface area contributed by atoms with Crippen molar-refractivity contribution in [3.63, 3.8) is 0 Å². The first-order chi connectivity index (χ1) is 10.3. The lowest BCUT2D eigenvalue weighted by molar-refractivity contribution is -0.115. The SMILES string of the molecule is Cc1cnc(NC(=O)Cc2ccc(S(=O)(=O)C(C)C)cc2)[nH]1. The summed E-state index contributed by atoms with van der Waals surface area (Å²) < 4.78 is 24.0. The number of nitrogens with one attached hydrogen (secondary N) is 2. The van der Waals surface area contributed by atoms with Crippen LogP contribution in [0.3, 0.4) is 0 Å². The molecule has 0 aliphatic rings. The van der Waals surface area contributed by atoms with Gasteiger partial charge in [-0.15, -0.1) is 0 Å². The van der Waals surface area contributed by atoms with E-state index in [2.05, 4.69) is 15.3 Å². The maximum Gasteiger partial charge on any atom is 0.231 e. The highest BCUT2D eigenvalue weighted by Gasteiger charge is 2.18. The Labute approximate surface area is 129 Å². The van der Waals surface area contributed by atoms with Crippen LogP contribution in [0.4, 0.5) is 5.95 Å². The fraction of sp³-hybridized carbons (Fsp3) is 0.333. The second-order valence-corrected chi connectivity index (χ2v) is 7.88. The van der Waals surface area contributed by atoms with Gasteiger partial charge in [0.15, 0.2) is 9.84 Å². The van der Waals surface area contributed by atoms with Gasteiger partial charge < -0.3 is 4.98 Å². The van der Waals surface area contributed by atoms with E-state index in [0.29, 0.717) is 5.95 Å². The minimum absolute atomic E-state index is 0.155. The molecule has 0 fully saturated rings. The van der Waals surface area contributed by atoms with E-state index in [1.54, 1.807) is 32.2 Å². The molecule has 1 aromatic heterocycles. The van der Waals surface area contributed by atoms with Gasteiger partial charge in [0.05, 0.1) is 16.6 Å². The minimum Gasteiger partial charge on any atom is -0.328 e. The van der Waals surface area contributed by atoms with E-state index in [0.717, 1.165) is 11.3 Å². The van der Waals surface area contributed by atoms with E-state index in [1.165, 1.54) is 12.1 Å². The van der Waals surface area contributed by atoms with Crippen LogP contribution in [0.25, 0.3) is 0 Å². The van der Waals surface area contributed by atoms with Crippen LogP contribution in [0.15, 0.2) is 35.4 Å². The van der Waals surface area contributed by atoms with E-state index in [4.69, 9.17) is 0 Å². The monoisotopic (exact) mass is 321 g/mol. The lowest BCUT2D eigenvalue weighted by atomic mass is 10.1. The molecule has 6 nitrogen and oxygen atoms in total. The molecule has 0 spiro atoms. The summed E-state index contributed by atoms with van der Waals surface area (Å²) in [6.07, 6.45) is 1.78. The molecule has 0 bridgehead atoms. The number of H-pyrrole nitrogens is 1. The quantitative estimate of drug-likeness (QED) is 0.882. The van der Waals surface area contributed by atoms with E-state index in [-0.39, 0.29) is 17.2 Å². The molecule has 1 amide bonds. The Morgan fingerprint density at radius 1 is 1.27 bits per heavy atom. The van der Waals surface area contributed by atoms with Gasteiger partial charge in [0.1, 0.15) is 0 Å². The van der Waals surface area contributed by atoms with Gasteiger partial charge in [-0.05, 0) is 38.5 Å². The van der Waals surface area contributed by atoms with Gasteiger partial charge in [-0.25, -0.2) is 13.4 Å². The number of sulfone groups is 1. The number of carbonyl (C=O) groups excluding carboxylic acids is 1. The number of aryl methyl sites for hydroxylation is 1. The van der Waals surface area contributed by atoms with Crippen molar-refractivity contribution in [2.45, 2.75) is 37.3 Å². The predicted octanol–water partition coefficient (Wildman–Crippen LogP) is 2.08. The molecule has 2 rings (SSSR count). The molecule has 1 heterocycles. The Kier molecular flexibility index (Phi) is 4.65. The molecule has 2 aromatic rings. The number of imidazole rings is 1. The summed E-state index contributed by atoms with van der Waals surface area (Å²) in [5.41, 5.74) is 1.60. The smallest absolute Gasteiger partial charge is 0.231 e. The van der Waals surface area contributed by atoms with E-state index < -0.39 is 15.1 Å². The lowest BCUT2D eigenvalue weighted by Crippen LogP contribution is -2.16. The Hall–Kier alpha value is -2.15. The van der Waals surface area contributed by atoms with Crippen LogP contribution in [0, 0.1) is 6.92 Å². The molecule has 0 aliphatic heterocycles. The molecule has 0 unspecified atom stereocenters. The zero-order chi connectivity index (χ0) is 16.3. The highest BCUT2D eigenvalue weighted by atomic mass is 32.2. The third-order valence-electron chi connectivity index (χ3n) is 3.20. The number of nitrogens with zero attached hydrogens (tertiary/aromatic N) is 1. The van der Waals surface area contributed by atoms with Crippen molar-refractivity contribution in [2.24, 2.45) is 0 Å². The lowest BCUT2D eigenvalue weighted by Gasteiger charge is -2.08. The van der Waals surface area contributed by atoms with Gasteiger partial charge in [0.25, 0.3) is 0 Å².